The number of ether oxygens (including phenoxy) is 2. The number of hydrogen-bond acceptors (Lipinski definition) is 9. The molecule has 2 aliphatic rings. The summed E-state index contributed by atoms with van der Waals surface area (Å²) >= 11 is 0.871. The van der Waals surface area contributed by atoms with Crippen molar-refractivity contribution in [2.75, 3.05) is 38.3 Å². The van der Waals surface area contributed by atoms with Crippen LogP contribution in [0, 0.1) is 5.92 Å². The molecule has 1 amide bonds. The smallest absolute Gasteiger partial charge is 0.272 e. The van der Waals surface area contributed by atoms with E-state index in [1.807, 2.05) is 18.2 Å². The number of hydrogen-bond donors (Lipinski definition) is 1. The van der Waals surface area contributed by atoms with Crippen LogP contribution < -0.4 is 14.8 Å². The van der Waals surface area contributed by atoms with Crippen molar-refractivity contribution in [2.24, 2.45) is 5.92 Å². The normalized spacial score (nSPS) is 17.4. The summed E-state index contributed by atoms with van der Waals surface area (Å²) in [5, 5.41) is 10.4. The minimum atomic E-state index is -3.74. The third-order valence-corrected chi connectivity index (χ3v) is 7.98. The highest BCUT2D eigenvalue weighted by Gasteiger charge is 2.32. The Labute approximate surface area is 178 Å². The summed E-state index contributed by atoms with van der Waals surface area (Å²) in [5.74, 6) is 1.03. The molecule has 12 heteroatoms. The van der Waals surface area contributed by atoms with E-state index in [4.69, 9.17) is 9.47 Å². The number of nitrogens with zero attached hydrogens (tertiary/aromatic N) is 4. The van der Waals surface area contributed by atoms with Crippen LogP contribution in [-0.4, -0.2) is 66.7 Å². The molecule has 0 bridgehead atoms. The number of carbonyl (C=O) groups is 1. The van der Waals surface area contributed by atoms with Crippen molar-refractivity contribution >= 4 is 32.4 Å². The fraction of sp³-hybridized carbons (Fsp3) is 0.500. The van der Waals surface area contributed by atoms with Crippen LogP contribution in [0.4, 0.5) is 5.13 Å². The second-order valence-corrected chi connectivity index (χ2v) is 10.5. The molecule has 10 nitrogen and oxygen atoms in total. The van der Waals surface area contributed by atoms with Gasteiger partial charge in [-0.05, 0) is 17.7 Å². The molecule has 3 heterocycles. The molecular formula is C18H23N5O5S2. The van der Waals surface area contributed by atoms with Crippen LogP contribution in [0.5, 0.6) is 11.5 Å². The van der Waals surface area contributed by atoms with Crippen molar-refractivity contribution in [1.29, 1.82) is 0 Å². The fourth-order valence-corrected chi connectivity index (χ4v) is 5.61. The second kappa shape index (κ2) is 8.46. The van der Waals surface area contributed by atoms with Gasteiger partial charge < -0.3 is 14.8 Å². The summed E-state index contributed by atoms with van der Waals surface area (Å²) < 4.78 is 37.8. The highest BCUT2D eigenvalue weighted by atomic mass is 32.2. The van der Waals surface area contributed by atoms with Crippen LogP contribution in [0.15, 0.2) is 22.5 Å². The number of nitrogens with one attached hydrogen (secondary N) is 1. The number of piperazine rings is 1. The van der Waals surface area contributed by atoms with Crippen molar-refractivity contribution in [3.63, 3.8) is 0 Å². The summed E-state index contributed by atoms with van der Waals surface area (Å²) in [7, 11) is -3.74. The van der Waals surface area contributed by atoms with E-state index in [1.165, 1.54) is 4.31 Å². The van der Waals surface area contributed by atoms with Crippen molar-refractivity contribution in [1.82, 2.24) is 19.4 Å². The van der Waals surface area contributed by atoms with Crippen LogP contribution in [0.2, 0.25) is 0 Å². The maximum Gasteiger partial charge on any atom is 0.272 e. The molecule has 0 radical (unpaired) electrons. The van der Waals surface area contributed by atoms with Gasteiger partial charge in [0.25, 0.3) is 10.0 Å². The van der Waals surface area contributed by atoms with E-state index in [0.29, 0.717) is 32.7 Å². The Morgan fingerprint density at radius 2 is 1.90 bits per heavy atom. The number of benzene rings is 1. The molecule has 1 aromatic carbocycles. The zero-order valence-electron chi connectivity index (χ0n) is 16.7. The summed E-state index contributed by atoms with van der Waals surface area (Å²) in [6, 6.07) is 5.84. The van der Waals surface area contributed by atoms with Gasteiger partial charge >= 0.3 is 0 Å². The lowest BCUT2D eigenvalue weighted by Gasteiger charge is -2.33. The topological polar surface area (TPSA) is 114 Å². The zero-order valence-corrected chi connectivity index (χ0v) is 18.3. The maximum atomic E-state index is 12.9. The number of rotatable bonds is 6. The van der Waals surface area contributed by atoms with Crippen LogP contribution in [0.1, 0.15) is 19.4 Å². The highest BCUT2D eigenvalue weighted by molar-refractivity contribution is 7.91. The number of amides is 1. The van der Waals surface area contributed by atoms with Gasteiger partial charge in [-0.3, -0.25) is 9.69 Å². The number of sulfonamides is 1. The lowest BCUT2D eigenvalue weighted by Crippen LogP contribution is -2.48. The molecule has 1 aromatic heterocycles. The van der Waals surface area contributed by atoms with E-state index in [-0.39, 0.29) is 28.1 Å². The van der Waals surface area contributed by atoms with E-state index < -0.39 is 10.0 Å². The SMILES string of the molecule is CC(C)C(=O)Nc1nnc(S(=O)(=O)N2CCN(Cc3ccc4c(c3)OCO4)CC2)s1. The van der Waals surface area contributed by atoms with Gasteiger partial charge in [0.05, 0.1) is 0 Å². The van der Waals surface area contributed by atoms with Gasteiger partial charge in [-0.25, -0.2) is 8.42 Å². The first-order valence-electron chi connectivity index (χ1n) is 9.58. The van der Waals surface area contributed by atoms with Crippen molar-refractivity contribution in [2.45, 2.75) is 24.7 Å². The van der Waals surface area contributed by atoms with E-state index in [1.54, 1.807) is 13.8 Å². The molecule has 0 aliphatic carbocycles. The summed E-state index contributed by atoms with van der Waals surface area (Å²) in [4.78, 5) is 14.0. The number of anilines is 1. The molecule has 4 rings (SSSR count). The molecule has 0 unspecified atom stereocenters. The Morgan fingerprint density at radius 3 is 2.63 bits per heavy atom. The molecule has 0 saturated carbocycles. The van der Waals surface area contributed by atoms with Gasteiger partial charge in [0, 0.05) is 38.6 Å². The number of carbonyl (C=O) groups excluding carboxylic acids is 1. The molecule has 1 saturated heterocycles. The Kier molecular flexibility index (Phi) is 5.91. The Hall–Kier alpha value is -2.28. The van der Waals surface area contributed by atoms with Crippen molar-refractivity contribution in [3.8, 4) is 11.5 Å². The summed E-state index contributed by atoms with van der Waals surface area (Å²) in [6.07, 6.45) is 0. The Balaban J connectivity index is 1.35. The zero-order chi connectivity index (χ0) is 21.3. The van der Waals surface area contributed by atoms with Crippen LogP contribution in [0.3, 0.4) is 0 Å². The minimum Gasteiger partial charge on any atom is -0.454 e. The molecule has 2 aliphatic heterocycles. The average Bonchev–Trinajstić information content (AvgIpc) is 3.37. The monoisotopic (exact) mass is 453 g/mol. The highest BCUT2D eigenvalue weighted by Crippen LogP contribution is 2.33. The van der Waals surface area contributed by atoms with Crippen molar-refractivity contribution < 1.29 is 22.7 Å². The van der Waals surface area contributed by atoms with Crippen LogP contribution in [-0.2, 0) is 21.4 Å². The molecular weight excluding hydrogens is 430 g/mol. The maximum absolute atomic E-state index is 12.9. The van der Waals surface area contributed by atoms with Gasteiger partial charge in [0.2, 0.25) is 22.2 Å². The van der Waals surface area contributed by atoms with E-state index in [0.717, 1.165) is 28.4 Å². The lowest BCUT2D eigenvalue weighted by atomic mass is 10.2. The Morgan fingerprint density at radius 1 is 1.17 bits per heavy atom. The largest absolute Gasteiger partial charge is 0.454 e. The quantitative estimate of drug-likeness (QED) is 0.653. The first-order chi connectivity index (χ1) is 14.3. The molecule has 0 atom stereocenters. The van der Waals surface area contributed by atoms with Gasteiger partial charge in [-0.15, -0.1) is 10.2 Å². The third kappa shape index (κ3) is 4.41. The molecule has 0 spiro atoms. The van der Waals surface area contributed by atoms with E-state index in [2.05, 4.69) is 20.4 Å². The minimum absolute atomic E-state index is 0.106. The van der Waals surface area contributed by atoms with E-state index in [9.17, 15) is 13.2 Å². The fourth-order valence-electron chi connectivity index (χ4n) is 3.15. The first-order valence-corrected chi connectivity index (χ1v) is 11.8. The lowest BCUT2D eigenvalue weighted by molar-refractivity contribution is -0.118. The summed E-state index contributed by atoms with van der Waals surface area (Å²) in [6.45, 7) is 6.36. The molecule has 162 valence electrons. The second-order valence-electron chi connectivity index (χ2n) is 7.38. The van der Waals surface area contributed by atoms with E-state index >= 15 is 0 Å². The molecule has 1 N–H and O–H groups in total. The van der Waals surface area contributed by atoms with Gasteiger partial charge in [0.1, 0.15) is 0 Å². The van der Waals surface area contributed by atoms with Crippen LogP contribution >= 0.6 is 11.3 Å². The first kappa shape index (κ1) is 21.0. The van der Waals surface area contributed by atoms with Crippen molar-refractivity contribution in [3.05, 3.63) is 23.8 Å². The standard InChI is InChI=1S/C18H23N5O5S2/c1-12(2)16(24)19-17-20-21-18(29-17)30(25,26)23-7-5-22(6-8-23)10-13-3-4-14-15(9-13)28-11-27-14/h3-4,9,12H,5-8,10-11H2,1-2H3,(H,19,20,24). The Bertz CT molecular complexity index is 1030. The predicted octanol–water partition coefficient (Wildman–Crippen LogP) is 1.37. The van der Waals surface area contributed by atoms with Gasteiger partial charge in [-0.2, -0.15) is 4.31 Å². The molecule has 30 heavy (non-hydrogen) atoms. The number of fused-ring (bicyclic) bond motifs is 1. The number of aromatic nitrogens is 2. The van der Waals surface area contributed by atoms with Gasteiger partial charge in [-0.1, -0.05) is 31.3 Å². The third-order valence-electron chi connectivity index (χ3n) is 4.90. The van der Waals surface area contributed by atoms with Gasteiger partial charge in [0.15, 0.2) is 11.5 Å². The molecule has 1 fully saturated rings. The average molecular weight is 454 g/mol. The summed E-state index contributed by atoms with van der Waals surface area (Å²) in [5.41, 5.74) is 1.09. The molecule has 2 aromatic rings. The predicted molar refractivity (Wildman–Crippen MR) is 110 cm³/mol. The van der Waals surface area contributed by atoms with Crippen LogP contribution in [0.25, 0.3) is 0 Å².